The normalized spacial score (nSPS) is 14.2. The molecule has 0 aliphatic carbocycles. The molecule has 1 rings (SSSR count). The Morgan fingerprint density at radius 2 is 2.00 bits per heavy atom. The van der Waals surface area contributed by atoms with Gasteiger partial charge in [0, 0.05) is 6.20 Å². The van der Waals surface area contributed by atoms with Crippen molar-refractivity contribution in [2.75, 3.05) is 0 Å². The highest BCUT2D eigenvalue weighted by Gasteiger charge is 2.38. The Balaban J connectivity index is 2.96. The molecular formula is C7H6F4N2. The van der Waals surface area contributed by atoms with E-state index < -0.39 is 23.7 Å². The van der Waals surface area contributed by atoms with Crippen LogP contribution in [0.1, 0.15) is 11.7 Å². The van der Waals surface area contributed by atoms with Crippen molar-refractivity contribution in [3.8, 4) is 0 Å². The van der Waals surface area contributed by atoms with E-state index in [9.17, 15) is 17.6 Å². The minimum Gasteiger partial charge on any atom is -0.315 e. The number of nitrogens with zero attached hydrogens (tertiary/aromatic N) is 1. The molecule has 1 aromatic rings. The van der Waals surface area contributed by atoms with Crippen molar-refractivity contribution in [3.63, 3.8) is 0 Å². The van der Waals surface area contributed by atoms with E-state index in [-0.39, 0.29) is 0 Å². The van der Waals surface area contributed by atoms with Gasteiger partial charge >= 0.3 is 6.18 Å². The predicted octanol–water partition coefficient (Wildman–Crippen LogP) is 1.78. The molecule has 0 aliphatic heterocycles. The first-order chi connectivity index (χ1) is 5.91. The molecule has 0 saturated carbocycles. The molecule has 0 bridgehead atoms. The van der Waals surface area contributed by atoms with Crippen LogP contribution >= 0.6 is 0 Å². The lowest BCUT2D eigenvalue weighted by atomic mass is 10.2. The zero-order chi connectivity index (χ0) is 10.1. The lowest BCUT2D eigenvalue weighted by Gasteiger charge is -2.14. The molecule has 1 heterocycles. The van der Waals surface area contributed by atoms with Crippen molar-refractivity contribution in [1.29, 1.82) is 0 Å². The van der Waals surface area contributed by atoms with Crippen molar-refractivity contribution in [2.24, 2.45) is 5.73 Å². The fourth-order valence-corrected chi connectivity index (χ4v) is 0.759. The van der Waals surface area contributed by atoms with Crippen LogP contribution in [0.15, 0.2) is 18.3 Å². The molecule has 2 nitrogen and oxygen atoms in total. The molecule has 0 spiro atoms. The Hall–Kier alpha value is -1.17. The second-order valence-corrected chi connectivity index (χ2v) is 2.42. The highest BCUT2D eigenvalue weighted by atomic mass is 19.4. The second-order valence-electron chi connectivity index (χ2n) is 2.42. The summed E-state index contributed by atoms with van der Waals surface area (Å²) in [6, 6.07) is -0.617. The molecule has 13 heavy (non-hydrogen) atoms. The summed E-state index contributed by atoms with van der Waals surface area (Å²) in [4.78, 5) is 3.32. The maximum Gasteiger partial charge on any atom is 0.409 e. The van der Waals surface area contributed by atoms with Crippen LogP contribution in [0.25, 0.3) is 0 Å². The third-order valence-electron chi connectivity index (χ3n) is 1.41. The standard InChI is InChI=1S/C7H6F4N2/c8-4-1-2-13-5(3-4)6(12)7(9,10)11/h1-3,6H,12H2. The first-order valence-electron chi connectivity index (χ1n) is 3.35. The summed E-state index contributed by atoms with van der Waals surface area (Å²) in [6.07, 6.45) is -3.66. The number of hydrogen-bond acceptors (Lipinski definition) is 2. The molecule has 6 heteroatoms. The van der Waals surface area contributed by atoms with Crippen molar-refractivity contribution < 1.29 is 17.6 Å². The van der Waals surface area contributed by atoms with E-state index in [1.807, 2.05) is 0 Å². The van der Waals surface area contributed by atoms with Gasteiger partial charge < -0.3 is 5.73 Å². The van der Waals surface area contributed by atoms with Crippen LogP contribution in [-0.2, 0) is 0 Å². The number of pyridine rings is 1. The zero-order valence-corrected chi connectivity index (χ0v) is 6.35. The Kier molecular flexibility index (Phi) is 2.51. The number of halogens is 4. The smallest absolute Gasteiger partial charge is 0.315 e. The molecule has 0 amide bonds. The van der Waals surface area contributed by atoms with Crippen molar-refractivity contribution in [2.45, 2.75) is 12.2 Å². The third kappa shape index (κ3) is 2.38. The molecule has 1 unspecified atom stereocenters. The Labute approximate surface area is 71.4 Å². The summed E-state index contributed by atoms with van der Waals surface area (Å²) in [6.45, 7) is 0. The lowest BCUT2D eigenvalue weighted by molar-refractivity contribution is -0.150. The van der Waals surface area contributed by atoms with Crippen LogP contribution in [0.3, 0.4) is 0 Å². The van der Waals surface area contributed by atoms with Gasteiger partial charge in [0.1, 0.15) is 11.9 Å². The SMILES string of the molecule is NC(c1cc(F)ccn1)C(F)(F)F. The largest absolute Gasteiger partial charge is 0.409 e. The zero-order valence-electron chi connectivity index (χ0n) is 6.35. The summed E-state index contributed by atoms with van der Waals surface area (Å²) in [7, 11) is 0. The van der Waals surface area contributed by atoms with Gasteiger partial charge in [-0.3, -0.25) is 4.98 Å². The molecule has 0 saturated heterocycles. The van der Waals surface area contributed by atoms with E-state index in [1.165, 1.54) is 0 Å². The van der Waals surface area contributed by atoms with Crippen molar-refractivity contribution in [1.82, 2.24) is 4.98 Å². The molecular weight excluding hydrogens is 188 g/mol. The Morgan fingerprint density at radius 1 is 1.38 bits per heavy atom. The highest BCUT2D eigenvalue weighted by Crippen LogP contribution is 2.29. The average molecular weight is 194 g/mol. The first-order valence-corrected chi connectivity index (χ1v) is 3.35. The lowest BCUT2D eigenvalue weighted by Crippen LogP contribution is -2.29. The van der Waals surface area contributed by atoms with Gasteiger partial charge in [-0.05, 0) is 12.1 Å². The maximum atomic E-state index is 12.5. The fourth-order valence-electron chi connectivity index (χ4n) is 0.759. The van der Waals surface area contributed by atoms with Gasteiger partial charge in [0.05, 0.1) is 5.69 Å². The summed E-state index contributed by atoms with van der Waals surface area (Å²) in [5, 5.41) is 0. The van der Waals surface area contributed by atoms with Crippen LogP contribution < -0.4 is 5.73 Å². The van der Waals surface area contributed by atoms with Crippen LogP contribution in [0, 0.1) is 5.82 Å². The van der Waals surface area contributed by atoms with Crippen LogP contribution in [0.2, 0.25) is 0 Å². The average Bonchev–Trinajstić information content (AvgIpc) is 2.01. The second kappa shape index (κ2) is 3.29. The van der Waals surface area contributed by atoms with E-state index in [4.69, 9.17) is 5.73 Å². The van der Waals surface area contributed by atoms with E-state index >= 15 is 0 Å². The molecule has 2 N–H and O–H groups in total. The fraction of sp³-hybridized carbons (Fsp3) is 0.286. The van der Waals surface area contributed by atoms with E-state index in [1.54, 1.807) is 0 Å². The minimum absolute atomic E-state index is 0.521. The quantitative estimate of drug-likeness (QED) is 0.692. The maximum absolute atomic E-state index is 12.5. The van der Waals surface area contributed by atoms with Gasteiger partial charge in [0.15, 0.2) is 0 Å². The van der Waals surface area contributed by atoms with Gasteiger partial charge in [-0.25, -0.2) is 4.39 Å². The molecule has 72 valence electrons. The van der Waals surface area contributed by atoms with E-state index in [0.717, 1.165) is 12.3 Å². The van der Waals surface area contributed by atoms with Crippen LogP contribution in [-0.4, -0.2) is 11.2 Å². The van der Waals surface area contributed by atoms with E-state index in [2.05, 4.69) is 4.98 Å². The Bertz CT molecular complexity index is 297. The molecule has 0 radical (unpaired) electrons. The molecule has 0 fully saturated rings. The number of nitrogens with two attached hydrogens (primary N) is 1. The number of alkyl halides is 3. The van der Waals surface area contributed by atoms with Crippen molar-refractivity contribution >= 4 is 0 Å². The molecule has 0 aliphatic rings. The summed E-state index contributed by atoms with van der Waals surface area (Å²) in [5.74, 6) is -0.787. The first kappa shape index (κ1) is 9.91. The molecule has 1 aromatic heterocycles. The van der Waals surface area contributed by atoms with Gasteiger partial charge in [-0.1, -0.05) is 0 Å². The molecule has 1 atom stereocenters. The number of aromatic nitrogens is 1. The third-order valence-corrected chi connectivity index (χ3v) is 1.41. The summed E-state index contributed by atoms with van der Waals surface area (Å²) < 4.78 is 48.4. The van der Waals surface area contributed by atoms with Gasteiger partial charge in [0.2, 0.25) is 0 Å². The monoisotopic (exact) mass is 194 g/mol. The predicted molar refractivity (Wildman–Crippen MR) is 37.2 cm³/mol. The van der Waals surface area contributed by atoms with Gasteiger partial charge in [-0.2, -0.15) is 13.2 Å². The Morgan fingerprint density at radius 3 is 2.46 bits per heavy atom. The highest BCUT2D eigenvalue weighted by molar-refractivity contribution is 5.11. The topological polar surface area (TPSA) is 38.9 Å². The van der Waals surface area contributed by atoms with Gasteiger partial charge in [-0.15, -0.1) is 0 Å². The van der Waals surface area contributed by atoms with Crippen LogP contribution in [0.5, 0.6) is 0 Å². The van der Waals surface area contributed by atoms with Gasteiger partial charge in [0.25, 0.3) is 0 Å². The summed E-state index contributed by atoms with van der Waals surface area (Å²) in [5.41, 5.74) is 4.27. The van der Waals surface area contributed by atoms with Crippen molar-refractivity contribution in [3.05, 3.63) is 29.8 Å². The minimum atomic E-state index is -4.60. The number of hydrogen-bond donors (Lipinski definition) is 1. The van der Waals surface area contributed by atoms with Crippen LogP contribution in [0.4, 0.5) is 17.6 Å². The molecule has 0 aromatic carbocycles. The van der Waals surface area contributed by atoms with E-state index in [0.29, 0.717) is 6.07 Å². The summed E-state index contributed by atoms with van der Waals surface area (Å²) >= 11 is 0. The number of rotatable bonds is 1.